The van der Waals surface area contributed by atoms with Crippen LogP contribution in [0.4, 0.5) is 10.5 Å². The first-order chi connectivity index (χ1) is 14.2. The van der Waals surface area contributed by atoms with Gasteiger partial charge in [-0.05, 0) is 56.2 Å². The van der Waals surface area contributed by atoms with E-state index in [1.807, 2.05) is 30.3 Å². The van der Waals surface area contributed by atoms with E-state index in [4.69, 9.17) is 4.42 Å². The van der Waals surface area contributed by atoms with Crippen LogP contribution in [0.25, 0.3) is 11.1 Å². The van der Waals surface area contributed by atoms with Crippen LogP contribution in [0.2, 0.25) is 0 Å². The van der Waals surface area contributed by atoms with Gasteiger partial charge in [0.25, 0.3) is 0 Å². The number of hydrogen-bond donors (Lipinski definition) is 1. The van der Waals surface area contributed by atoms with Gasteiger partial charge in [-0.25, -0.2) is 9.59 Å². The average molecular weight is 393 g/mol. The lowest BCUT2D eigenvalue weighted by molar-refractivity contribution is 0.241. The van der Waals surface area contributed by atoms with Crippen LogP contribution in [0, 0.1) is 0 Å². The van der Waals surface area contributed by atoms with E-state index in [0.717, 1.165) is 42.6 Å². The zero-order chi connectivity index (χ0) is 20.1. The van der Waals surface area contributed by atoms with Crippen molar-refractivity contribution in [3.05, 3.63) is 64.6 Å². The van der Waals surface area contributed by atoms with Crippen LogP contribution in [0.5, 0.6) is 0 Å². The van der Waals surface area contributed by atoms with Gasteiger partial charge in [0.2, 0.25) is 0 Å². The number of benzene rings is 2. The predicted octanol–water partition coefficient (Wildman–Crippen LogP) is 4.17. The summed E-state index contributed by atoms with van der Waals surface area (Å²) in [5.74, 6) is -0.641. The molecule has 0 radical (unpaired) electrons. The number of carbonyl (C=O) groups is 1. The highest BCUT2D eigenvalue weighted by Gasteiger charge is 2.18. The Morgan fingerprint density at radius 1 is 1.00 bits per heavy atom. The van der Waals surface area contributed by atoms with Gasteiger partial charge >= 0.3 is 11.8 Å². The highest BCUT2D eigenvalue weighted by Crippen LogP contribution is 2.24. The summed E-state index contributed by atoms with van der Waals surface area (Å²) in [4.78, 5) is 27.1. The third-order valence-corrected chi connectivity index (χ3v) is 5.50. The minimum atomic E-state index is -0.641. The number of aromatic nitrogens is 1. The van der Waals surface area contributed by atoms with Gasteiger partial charge in [0.15, 0.2) is 5.58 Å². The van der Waals surface area contributed by atoms with E-state index >= 15 is 0 Å². The van der Waals surface area contributed by atoms with Crippen LogP contribution in [0.15, 0.2) is 57.7 Å². The largest absolute Gasteiger partial charge is 0.428 e. The molecule has 0 spiro atoms. The van der Waals surface area contributed by atoms with Crippen molar-refractivity contribution < 1.29 is 9.21 Å². The monoisotopic (exact) mass is 393 g/mol. The molecule has 0 bridgehead atoms. The van der Waals surface area contributed by atoms with E-state index in [1.165, 1.54) is 24.8 Å². The van der Waals surface area contributed by atoms with Gasteiger partial charge in [-0.3, -0.25) is 0 Å². The van der Waals surface area contributed by atoms with Crippen molar-refractivity contribution in [3.63, 3.8) is 0 Å². The molecule has 4 rings (SSSR count). The molecular weight excluding hydrogens is 366 g/mol. The number of rotatable bonds is 6. The minimum Gasteiger partial charge on any atom is -0.407 e. The maximum atomic E-state index is 12.5. The molecule has 1 aliphatic heterocycles. The van der Waals surface area contributed by atoms with Crippen LogP contribution in [0.1, 0.15) is 37.7 Å². The molecule has 2 aromatic carbocycles. The van der Waals surface area contributed by atoms with Crippen molar-refractivity contribution in [2.75, 3.05) is 24.5 Å². The quantitative estimate of drug-likeness (QED) is 0.639. The molecule has 1 fully saturated rings. The second kappa shape index (κ2) is 8.99. The molecule has 1 saturated heterocycles. The third kappa shape index (κ3) is 4.53. The number of piperidine rings is 1. The maximum absolute atomic E-state index is 12.5. The lowest BCUT2D eigenvalue weighted by atomic mass is 10.1. The number of carbonyl (C=O) groups excluding carboxylic acids is 1. The number of anilines is 1. The summed E-state index contributed by atoms with van der Waals surface area (Å²) in [6.45, 7) is 2.55. The van der Waals surface area contributed by atoms with Crippen molar-refractivity contribution in [3.8, 4) is 0 Å². The first-order valence-corrected chi connectivity index (χ1v) is 10.4. The topological polar surface area (TPSA) is 67.5 Å². The van der Waals surface area contributed by atoms with Gasteiger partial charge in [0.1, 0.15) is 5.52 Å². The van der Waals surface area contributed by atoms with Crippen molar-refractivity contribution in [2.45, 2.75) is 38.5 Å². The zero-order valence-corrected chi connectivity index (χ0v) is 16.6. The maximum Gasteiger partial charge on any atom is 0.428 e. The summed E-state index contributed by atoms with van der Waals surface area (Å²) in [5.41, 5.74) is 3.30. The van der Waals surface area contributed by atoms with Crippen LogP contribution in [-0.2, 0) is 6.42 Å². The average Bonchev–Trinajstić information content (AvgIpc) is 3.09. The molecule has 6 heteroatoms. The molecule has 2 heterocycles. The van der Waals surface area contributed by atoms with Crippen LogP contribution in [-0.4, -0.2) is 30.2 Å². The molecule has 6 nitrogen and oxygen atoms in total. The van der Waals surface area contributed by atoms with Gasteiger partial charge in [-0.2, -0.15) is 4.57 Å². The highest BCUT2D eigenvalue weighted by molar-refractivity contribution is 5.89. The van der Waals surface area contributed by atoms with Crippen molar-refractivity contribution in [1.82, 2.24) is 9.88 Å². The van der Waals surface area contributed by atoms with Gasteiger partial charge in [-0.15, -0.1) is 0 Å². The van der Waals surface area contributed by atoms with E-state index in [0.29, 0.717) is 17.6 Å². The van der Waals surface area contributed by atoms with Crippen LogP contribution >= 0.6 is 0 Å². The Bertz CT molecular complexity index is 1020. The highest BCUT2D eigenvalue weighted by atomic mass is 16.4. The number of hydrogen-bond acceptors (Lipinski definition) is 4. The lowest BCUT2D eigenvalue weighted by Gasteiger charge is -2.28. The van der Waals surface area contributed by atoms with Crippen molar-refractivity contribution in [2.24, 2.45) is 0 Å². The Morgan fingerprint density at radius 3 is 2.59 bits per heavy atom. The van der Waals surface area contributed by atoms with E-state index < -0.39 is 11.8 Å². The number of unbranched alkanes of at least 4 members (excludes halogenated alkanes) is 1. The standard InChI is InChI=1S/C23H27N3O3/c27-22(24-14-6-5-11-18-9-3-1-4-10-18)26-20-13-12-19(17-21(20)29-23(26)28)25-15-7-2-8-16-25/h1,3-4,9-10,12-13,17H,2,5-8,11,14-16H2,(H,24,27). The molecular formula is C23H27N3O3. The molecule has 3 aromatic rings. The van der Waals surface area contributed by atoms with Gasteiger partial charge < -0.3 is 14.6 Å². The van der Waals surface area contributed by atoms with E-state index in [1.54, 1.807) is 6.07 Å². The Hall–Kier alpha value is -3.02. The van der Waals surface area contributed by atoms with Crippen LogP contribution in [0.3, 0.4) is 0 Å². The molecule has 0 aliphatic carbocycles. The molecule has 152 valence electrons. The SMILES string of the molecule is O=C(NCCCCc1ccccc1)n1c(=O)oc2cc(N3CCCCC3)ccc21. The smallest absolute Gasteiger partial charge is 0.407 e. The Kier molecular flexibility index (Phi) is 5.98. The number of fused-ring (bicyclic) bond motifs is 1. The second-order valence-corrected chi connectivity index (χ2v) is 7.58. The first-order valence-electron chi connectivity index (χ1n) is 10.4. The van der Waals surface area contributed by atoms with Gasteiger partial charge in [0.05, 0.1) is 0 Å². The summed E-state index contributed by atoms with van der Waals surface area (Å²) in [7, 11) is 0. The number of oxazole rings is 1. The number of nitrogens with zero attached hydrogens (tertiary/aromatic N) is 2. The summed E-state index contributed by atoms with van der Waals surface area (Å²) in [6.07, 6.45) is 6.42. The third-order valence-electron chi connectivity index (χ3n) is 5.50. The molecule has 0 atom stereocenters. The van der Waals surface area contributed by atoms with E-state index in [-0.39, 0.29) is 0 Å². The summed E-state index contributed by atoms with van der Waals surface area (Å²) in [5, 5.41) is 2.84. The molecule has 0 unspecified atom stereocenters. The summed E-state index contributed by atoms with van der Waals surface area (Å²) in [6, 6.07) is 15.5. The predicted molar refractivity (Wildman–Crippen MR) is 115 cm³/mol. The van der Waals surface area contributed by atoms with Crippen molar-refractivity contribution in [1.29, 1.82) is 0 Å². The molecule has 0 saturated carbocycles. The molecule has 29 heavy (non-hydrogen) atoms. The fraction of sp³-hybridized carbons (Fsp3) is 0.391. The summed E-state index contributed by atoms with van der Waals surface area (Å²) >= 11 is 0. The van der Waals surface area contributed by atoms with Crippen molar-refractivity contribution >= 4 is 22.8 Å². The van der Waals surface area contributed by atoms with E-state index in [2.05, 4.69) is 22.3 Å². The molecule has 1 N–H and O–H groups in total. The normalized spacial score (nSPS) is 14.3. The second-order valence-electron chi connectivity index (χ2n) is 7.58. The Morgan fingerprint density at radius 2 is 1.79 bits per heavy atom. The molecule has 1 aliphatic rings. The molecule has 1 aromatic heterocycles. The Balaban J connectivity index is 1.37. The zero-order valence-electron chi connectivity index (χ0n) is 16.6. The minimum absolute atomic E-state index is 0.431. The number of nitrogens with one attached hydrogen (secondary N) is 1. The fourth-order valence-electron chi connectivity index (χ4n) is 3.92. The number of aryl methyl sites for hydroxylation is 1. The van der Waals surface area contributed by atoms with Crippen LogP contribution < -0.4 is 16.0 Å². The Labute approximate surface area is 170 Å². The van der Waals surface area contributed by atoms with E-state index in [9.17, 15) is 9.59 Å². The summed E-state index contributed by atoms with van der Waals surface area (Å²) < 4.78 is 6.45. The fourth-order valence-corrected chi connectivity index (χ4v) is 3.92. The number of amides is 1. The molecule has 1 amide bonds. The lowest BCUT2D eigenvalue weighted by Crippen LogP contribution is -2.34. The van der Waals surface area contributed by atoms with Gasteiger partial charge in [-0.1, -0.05) is 30.3 Å². The first kappa shape index (κ1) is 19.3. The van der Waals surface area contributed by atoms with Gasteiger partial charge in [0, 0.05) is 31.4 Å².